The maximum atomic E-state index is 13.9. The monoisotopic (exact) mass is 939 g/mol. The molecule has 0 spiro atoms. The van der Waals surface area contributed by atoms with Crippen molar-refractivity contribution in [3.8, 4) is 5.75 Å². The van der Waals surface area contributed by atoms with Gasteiger partial charge in [0.15, 0.2) is 33.3 Å². The molecule has 9 nitrogen and oxygen atoms in total. The lowest BCUT2D eigenvalue weighted by molar-refractivity contribution is -0.127. The van der Waals surface area contributed by atoms with E-state index in [2.05, 4.69) is 142 Å². The van der Waals surface area contributed by atoms with E-state index in [1.165, 1.54) is 0 Å². The molecule has 1 fully saturated rings. The number of hydrogen-bond acceptors (Lipinski definition) is 9. The van der Waals surface area contributed by atoms with Crippen LogP contribution in [0.3, 0.4) is 0 Å². The highest BCUT2D eigenvalue weighted by Crippen LogP contribution is 2.45. The number of carbonyl (C=O) groups is 2. The quantitative estimate of drug-likeness (QED) is 0.0784. The molecule has 13 heteroatoms. The molecule has 8 atom stereocenters. The molecule has 1 aliphatic heterocycles. The van der Waals surface area contributed by atoms with E-state index < -0.39 is 39.4 Å². The van der Waals surface area contributed by atoms with E-state index in [-0.39, 0.29) is 81.3 Å². The van der Waals surface area contributed by atoms with Gasteiger partial charge in [-0.25, -0.2) is 0 Å². The predicted octanol–water partition coefficient (Wildman–Crippen LogP) is 13.1. The molecule has 1 saturated heterocycles. The Morgan fingerprint density at radius 3 is 1.71 bits per heavy atom. The molecule has 0 unspecified atom stereocenters. The molecule has 1 heterocycles. The summed E-state index contributed by atoms with van der Waals surface area (Å²) in [5.41, 5.74) is 0.933. The summed E-state index contributed by atoms with van der Waals surface area (Å²) in [6, 6.07) is 7.58. The van der Waals surface area contributed by atoms with Crippen molar-refractivity contribution in [2.24, 2.45) is 11.8 Å². The second-order valence-electron chi connectivity index (χ2n) is 24.7. The maximum absolute atomic E-state index is 13.9. The Bertz CT molecular complexity index is 1550. The van der Waals surface area contributed by atoms with Crippen LogP contribution in [0.1, 0.15) is 128 Å². The molecule has 2 rings (SSSR count). The lowest BCUT2D eigenvalue weighted by Gasteiger charge is -2.44. The fourth-order valence-corrected chi connectivity index (χ4v) is 11.8. The lowest BCUT2D eigenvalue weighted by Crippen LogP contribution is -2.52. The van der Waals surface area contributed by atoms with Gasteiger partial charge in [0.1, 0.15) is 23.9 Å². The number of carbonyl (C=O) groups excluding carboxylic acids is 2. The summed E-state index contributed by atoms with van der Waals surface area (Å²) in [5, 5.41) is 0.0380. The second kappa shape index (κ2) is 21.7. The van der Waals surface area contributed by atoms with Gasteiger partial charge >= 0.3 is 0 Å². The van der Waals surface area contributed by atoms with Crippen molar-refractivity contribution in [1.82, 2.24) is 0 Å². The molecule has 0 radical (unpaired) electrons. The van der Waals surface area contributed by atoms with Crippen LogP contribution in [-0.2, 0) is 43.4 Å². The van der Waals surface area contributed by atoms with Crippen molar-refractivity contribution in [2.75, 3.05) is 13.7 Å². The zero-order valence-electron chi connectivity index (χ0n) is 43.9. The van der Waals surface area contributed by atoms with Crippen LogP contribution in [0.5, 0.6) is 5.75 Å². The first-order valence-corrected chi connectivity index (χ1v) is 35.1. The molecule has 1 aromatic carbocycles. The van der Waals surface area contributed by atoms with Crippen LogP contribution in [0, 0.1) is 11.8 Å². The molecule has 1 aromatic rings. The normalized spacial score (nSPS) is 21.3. The number of ether oxygens (including phenoxy) is 3. The molecule has 0 bridgehead atoms. The van der Waals surface area contributed by atoms with Gasteiger partial charge in [-0.2, -0.15) is 0 Å². The van der Waals surface area contributed by atoms with E-state index in [9.17, 15) is 9.59 Å². The van der Waals surface area contributed by atoms with Gasteiger partial charge < -0.3 is 36.7 Å². The predicted molar refractivity (Wildman–Crippen MR) is 267 cm³/mol. The second-order valence-corrected chi connectivity index (χ2v) is 43.8. The number of ketones is 1. The first-order chi connectivity index (χ1) is 27.9. The number of aldehydes is 1. The Hall–Kier alpha value is -1.01. The van der Waals surface area contributed by atoms with Gasteiger partial charge in [-0.15, -0.1) is 0 Å². The van der Waals surface area contributed by atoms with Crippen molar-refractivity contribution in [3.63, 3.8) is 0 Å². The molecule has 0 saturated carbocycles. The SMILES string of the molecule is COc1ccc(CO[C@H](C=O)[C@@H](C)CC(=O)C[C@H](C)[C@@H]2O[C@H]([C@H](C[C@H](CO[Si](C)(C)C(C)(C)C)O[Si](C)(C)C(C)(C)C)O[Si](C)(C)C(C)(C)C)C[C@@H]2O[Si](C)(C)C(C)(C)C)cc1. The first kappa shape index (κ1) is 57.1. The summed E-state index contributed by atoms with van der Waals surface area (Å²) in [5.74, 6) is 0.436. The highest BCUT2D eigenvalue weighted by atomic mass is 28.4. The Labute approximate surface area is 384 Å². The molecule has 0 amide bonds. The minimum absolute atomic E-state index is 0.0139. The molecule has 0 aromatic heterocycles. The van der Waals surface area contributed by atoms with Crippen LogP contribution in [0.4, 0.5) is 0 Å². The van der Waals surface area contributed by atoms with Crippen molar-refractivity contribution in [3.05, 3.63) is 29.8 Å². The molecule has 360 valence electrons. The van der Waals surface area contributed by atoms with E-state index >= 15 is 0 Å². The Morgan fingerprint density at radius 1 is 0.742 bits per heavy atom. The Kier molecular flexibility index (Phi) is 20.0. The number of hydrogen-bond donors (Lipinski definition) is 0. The standard InChI is InChI=1S/C49H94O9Si4/c1-35(44(32-50)53-33-37-24-26-39(52-15)27-25-37)28-38(51)29-36(2)45-43(58-62(22,23)49(12,13)14)31-41(55-45)42(57-61(20,21)48(9,10)11)30-40(56-60(18,19)47(6,7)8)34-54-59(16,17)46(3,4)5/h24-27,32,35-36,40-45H,28-31,33-34H2,1-23H3/t35-,36-,40+,41-,42-,43-,44+,45-/m0/s1. The van der Waals surface area contributed by atoms with Gasteiger partial charge in [0.2, 0.25) is 0 Å². The van der Waals surface area contributed by atoms with Crippen LogP contribution < -0.4 is 4.74 Å². The summed E-state index contributed by atoms with van der Waals surface area (Å²) in [7, 11) is -7.26. The fourth-order valence-electron chi connectivity index (χ4n) is 6.76. The van der Waals surface area contributed by atoms with Gasteiger partial charge in [-0.05, 0) is 102 Å². The van der Waals surface area contributed by atoms with Crippen molar-refractivity contribution in [2.45, 2.75) is 238 Å². The topological polar surface area (TPSA) is 98.8 Å². The highest BCUT2D eigenvalue weighted by Gasteiger charge is 2.51. The zero-order chi connectivity index (χ0) is 48.1. The third kappa shape index (κ3) is 16.1. The third-order valence-electron chi connectivity index (χ3n) is 15.2. The maximum Gasteiger partial charge on any atom is 0.192 e. The van der Waals surface area contributed by atoms with Crippen molar-refractivity contribution >= 4 is 45.3 Å². The fraction of sp³-hybridized carbons (Fsp3) is 0.837. The van der Waals surface area contributed by atoms with Gasteiger partial charge in [-0.3, -0.25) is 4.79 Å². The molecule has 0 N–H and O–H groups in total. The summed E-state index contributed by atoms with van der Waals surface area (Å²) < 4.78 is 47.6. The van der Waals surface area contributed by atoms with Crippen LogP contribution in [0.2, 0.25) is 72.5 Å². The minimum Gasteiger partial charge on any atom is -0.497 e. The van der Waals surface area contributed by atoms with Crippen molar-refractivity contribution in [1.29, 1.82) is 0 Å². The lowest BCUT2D eigenvalue weighted by atomic mass is 9.90. The average Bonchev–Trinajstić information content (AvgIpc) is 3.51. The van der Waals surface area contributed by atoms with Crippen LogP contribution in [-0.4, -0.2) is 95.7 Å². The first-order valence-electron chi connectivity index (χ1n) is 23.4. The van der Waals surface area contributed by atoms with Crippen molar-refractivity contribution < 1.29 is 41.5 Å². The zero-order valence-corrected chi connectivity index (χ0v) is 47.9. The molecule has 62 heavy (non-hydrogen) atoms. The summed E-state index contributed by atoms with van der Waals surface area (Å²) in [6.07, 6.45) is 0.773. The van der Waals surface area contributed by atoms with E-state index in [0.29, 0.717) is 25.9 Å². The summed E-state index contributed by atoms with van der Waals surface area (Å²) in [6.45, 7) is 50.7. The van der Waals surface area contributed by atoms with E-state index in [1.807, 2.05) is 31.2 Å². The van der Waals surface area contributed by atoms with E-state index in [1.54, 1.807) is 7.11 Å². The Balaban J connectivity index is 2.51. The van der Waals surface area contributed by atoms with Gasteiger partial charge in [0.05, 0.1) is 50.8 Å². The van der Waals surface area contributed by atoms with Gasteiger partial charge in [0.25, 0.3) is 0 Å². The van der Waals surface area contributed by atoms with Crippen LogP contribution in [0.15, 0.2) is 24.3 Å². The largest absolute Gasteiger partial charge is 0.497 e. The smallest absolute Gasteiger partial charge is 0.192 e. The van der Waals surface area contributed by atoms with Gasteiger partial charge in [0, 0.05) is 25.7 Å². The average molecular weight is 940 g/mol. The minimum atomic E-state index is -2.32. The highest BCUT2D eigenvalue weighted by molar-refractivity contribution is 6.75. The molecule has 0 aliphatic carbocycles. The molecular formula is C49H94O9Si4. The van der Waals surface area contributed by atoms with Crippen LogP contribution >= 0.6 is 0 Å². The Morgan fingerprint density at radius 2 is 1.24 bits per heavy atom. The van der Waals surface area contributed by atoms with Gasteiger partial charge in [-0.1, -0.05) is 109 Å². The molecule has 1 aliphatic rings. The number of benzene rings is 1. The third-order valence-corrected chi connectivity index (χ3v) is 33.3. The molecular weight excluding hydrogens is 845 g/mol. The number of methoxy groups -OCH3 is 1. The number of rotatable bonds is 23. The van der Waals surface area contributed by atoms with Crippen LogP contribution in [0.25, 0.3) is 0 Å². The van der Waals surface area contributed by atoms with E-state index in [0.717, 1.165) is 17.6 Å². The number of Topliss-reactive ketones (excluding diaryl/α,β-unsaturated/α-hetero) is 1. The summed E-state index contributed by atoms with van der Waals surface area (Å²) >= 11 is 0. The van der Waals surface area contributed by atoms with E-state index in [4.69, 9.17) is 31.9 Å². The summed E-state index contributed by atoms with van der Waals surface area (Å²) in [4.78, 5) is 26.1.